The summed E-state index contributed by atoms with van der Waals surface area (Å²) < 4.78 is 5.44. The number of benzene rings is 1. The predicted octanol–water partition coefficient (Wildman–Crippen LogP) is 2.43. The Kier molecular flexibility index (Phi) is 4.44. The average Bonchev–Trinajstić information content (AvgIpc) is 3.14. The van der Waals surface area contributed by atoms with Crippen LogP contribution in [0.4, 0.5) is 5.69 Å². The first-order chi connectivity index (χ1) is 8.69. The lowest BCUT2D eigenvalue weighted by Crippen LogP contribution is -2.29. The molecule has 98 valence electrons. The number of nitrogens with one attached hydrogen (secondary N) is 2. The van der Waals surface area contributed by atoms with E-state index in [0.717, 1.165) is 12.8 Å². The van der Waals surface area contributed by atoms with Gasteiger partial charge in [-0.3, -0.25) is 4.79 Å². The summed E-state index contributed by atoms with van der Waals surface area (Å²) in [6, 6.07) is 5.71. The van der Waals surface area contributed by atoms with Crippen molar-refractivity contribution in [1.29, 1.82) is 0 Å². The van der Waals surface area contributed by atoms with Gasteiger partial charge in [0.05, 0.1) is 18.8 Å². The van der Waals surface area contributed by atoms with E-state index in [2.05, 4.69) is 10.6 Å². The maximum atomic E-state index is 11.7. The summed E-state index contributed by atoms with van der Waals surface area (Å²) in [5.74, 6) is 0.562. The highest BCUT2D eigenvalue weighted by Gasteiger charge is 2.21. The van der Waals surface area contributed by atoms with Crippen LogP contribution >= 0.6 is 11.6 Å². The highest BCUT2D eigenvalue weighted by molar-refractivity contribution is 6.31. The van der Waals surface area contributed by atoms with Gasteiger partial charge in [-0.05, 0) is 38.0 Å². The van der Waals surface area contributed by atoms with E-state index in [9.17, 15) is 4.79 Å². The minimum absolute atomic E-state index is 0.0786. The van der Waals surface area contributed by atoms with E-state index in [4.69, 9.17) is 16.3 Å². The summed E-state index contributed by atoms with van der Waals surface area (Å²) in [4.78, 5) is 11.7. The molecule has 0 heterocycles. The molecule has 2 N–H and O–H groups in total. The van der Waals surface area contributed by atoms with E-state index in [1.54, 1.807) is 18.2 Å². The van der Waals surface area contributed by atoms with Crippen molar-refractivity contribution >= 4 is 23.2 Å². The van der Waals surface area contributed by atoms with Crippen molar-refractivity contribution in [1.82, 2.24) is 5.32 Å². The van der Waals surface area contributed by atoms with Crippen molar-refractivity contribution in [2.75, 3.05) is 18.5 Å². The monoisotopic (exact) mass is 268 g/mol. The first-order valence-corrected chi connectivity index (χ1v) is 6.52. The Balaban J connectivity index is 1.96. The van der Waals surface area contributed by atoms with Crippen molar-refractivity contribution < 1.29 is 9.53 Å². The Labute approximate surface area is 112 Å². The van der Waals surface area contributed by atoms with E-state index in [1.165, 1.54) is 0 Å². The van der Waals surface area contributed by atoms with Crippen molar-refractivity contribution in [2.24, 2.45) is 0 Å². The lowest BCUT2D eigenvalue weighted by molar-refractivity contribution is -0.115. The SMILES string of the molecule is CCOc1ccc(Cl)cc1NC(=O)CNC1CC1. The van der Waals surface area contributed by atoms with Gasteiger partial charge in [-0.25, -0.2) is 0 Å². The molecule has 0 atom stereocenters. The number of carbonyl (C=O) groups is 1. The normalized spacial score (nSPS) is 14.3. The van der Waals surface area contributed by atoms with Gasteiger partial charge in [-0.15, -0.1) is 0 Å². The van der Waals surface area contributed by atoms with Crippen LogP contribution in [-0.2, 0) is 4.79 Å². The van der Waals surface area contributed by atoms with Gasteiger partial charge < -0.3 is 15.4 Å². The Morgan fingerprint density at radius 1 is 1.50 bits per heavy atom. The van der Waals surface area contributed by atoms with Crippen LogP contribution in [0, 0.1) is 0 Å². The Hall–Kier alpha value is -1.26. The molecule has 18 heavy (non-hydrogen) atoms. The molecule has 0 aromatic heterocycles. The van der Waals surface area contributed by atoms with Gasteiger partial charge in [-0.1, -0.05) is 11.6 Å². The van der Waals surface area contributed by atoms with Gasteiger partial charge in [0.1, 0.15) is 5.75 Å². The zero-order valence-electron chi connectivity index (χ0n) is 10.3. The second-order valence-corrected chi connectivity index (χ2v) is 4.71. The highest BCUT2D eigenvalue weighted by atomic mass is 35.5. The molecule has 1 saturated carbocycles. The quantitative estimate of drug-likeness (QED) is 0.833. The molecule has 1 amide bonds. The fourth-order valence-electron chi connectivity index (χ4n) is 1.60. The molecule has 0 saturated heterocycles. The van der Waals surface area contributed by atoms with Crippen molar-refractivity contribution in [3.05, 3.63) is 23.2 Å². The molecule has 0 bridgehead atoms. The van der Waals surface area contributed by atoms with Gasteiger partial charge in [0.25, 0.3) is 0 Å². The third-order valence-electron chi connectivity index (χ3n) is 2.64. The molecular formula is C13H17ClN2O2. The van der Waals surface area contributed by atoms with Gasteiger partial charge in [0, 0.05) is 11.1 Å². The summed E-state index contributed by atoms with van der Waals surface area (Å²) in [7, 11) is 0. The van der Waals surface area contributed by atoms with Crippen molar-refractivity contribution in [2.45, 2.75) is 25.8 Å². The molecule has 5 heteroatoms. The molecular weight excluding hydrogens is 252 g/mol. The van der Waals surface area contributed by atoms with Crippen LogP contribution in [0.2, 0.25) is 5.02 Å². The van der Waals surface area contributed by atoms with Crippen molar-refractivity contribution in [3.8, 4) is 5.75 Å². The van der Waals surface area contributed by atoms with Crippen LogP contribution in [0.15, 0.2) is 18.2 Å². The van der Waals surface area contributed by atoms with E-state index in [0.29, 0.717) is 35.7 Å². The lowest BCUT2D eigenvalue weighted by Gasteiger charge is -2.12. The van der Waals surface area contributed by atoms with Crippen molar-refractivity contribution in [3.63, 3.8) is 0 Å². The van der Waals surface area contributed by atoms with Crippen LogP contribution in [0.25, 0.3) is 0 Å². The number of rotatable bonds is 6. The lowest BCUT2D eigenvalue weighted by atomic mass is 10.3. The maximum Gasteiger partial charge on any atom is 0.238 e. The summed E-state index contributed by atoms with van der Waals surface area (Å²) in [5, 5.41) is 6.54. The van der Waals surface area contributed by atoms with E-state index < -0.39 is 0 Å². The largest absolute Gasteiger partial charge is 0.492 e. The van der Waals surface area contributed by atoms with Gasteiger partial charge in [0.2, 0.25) is 5.91 Å². The molecule has 0 unspecified atom stereocenters. The zero-order valence-corrected chi connectivity index (χ0v) is 11.1. The van der Waals surface area contributed by atoms with Crippen LogP contribution < -0.4 is 15.4 Å². The molecule has 0 spiro atoms. The Morgan fingerprint density at radius 3 is 2.94 bits per heavy atom. The molecule has 4 nitrogen and oxygen atoms in total. The maximum absolute atomic E-state index is 11.7. The number of hydrogen-bond acceptors (Lipinski definition) is 3. The standard InChI is InChI=1S/C13H17ClN2O2/c1-2-18-12-6-3-9(14)7-11(12)16-13(17)8-15-10-4-5-10/h3,6-7,10,15H,2,4-5,8H2,1H3,(H,16,17). The first kappa shape index (κ1) is 13.2. The number of hydrogen-bond donors (Lipinski definition) is 2. The topological polar surface area (TPSA) is 50.4 Å². The number of amides is 1. The molecule has 0 radical (unpaired) electrons. The Bertz CT molecular complexity index is 433. The van der Waals surface area contributed by atoms with Gasteiger partial charge in [0.15, 0.2) is 0 Å². The molecule has 1 aliphatic rings. The molecule has 1 aliphatic carbocycles. The summed E-state index contributed by atoms with van der Waals surface area (Å²) in [5.41, 5.74) is 0.618. The highest BCUT2D eigenvalue weighted by Crippen LogP contribution is 2.28. The predicted molar refractivity (Wildman–Crippen MR) is 72.3 cm³/mol. The van der Waals surface area contributed by atoms with Crippen LogP contribution in [0.5, 0.6) is 5.75 Å². The minimum atomic E-state index is -0.0786. The summed E-state index contributed by atoms with van der Waals surface area (Å²) in [6.45, 7) is 2.77. The number of halogens is 1. The van der Waals surface area contributed by atoms with Crippen LogP contribution in [-0.4, -0.2) is 25.1 Å². The van der Waals surface area contributed by atoms with Gasteiger partial charge >= 0.3 is 0 Å². The fraction of sp³-hybridized carbons (Fsp3) is 0.462. The van der Waals surface area contributed by atoms with E-state index >= 15 is 0 Å². The number of carbonyl (C=O) groups excluding carboxylic acids is 1. The average molecular weight is 269 g/mol. The second kappa shape index (κ2) is 6.07. The summed E-state index contributed by atoms with van der Waals surface area (Å²) in [6.07, 6.45) is 2.32. The third kappa shape index (κ3) is 3.89. The van der Waals surface area contributed by atoms with Crippen LogP contribution in [0.1, 0.15) is 19.8 Å². The van der Waals surface area contributed by atoms with E-state index in [-0.39, 0.29) is 5.91 Å². The molecule has 1 aromatic rings. The van der Waals surface area contributed by atoms with Gasteiger partial charge in [-0.2, -0.15) is 0 Å². The minimum Gasteiger partial charge on any atom is -0.492 e. The second-order valence-electron chi connectivity index (χ2n) is 4.28. The summed E-state index contributed by atoms with van der Waals surface area (Å²) >= 11 is 5.92. The molecule has 2 rings (SSSR count). The fourth-order valence-corrected chi connectivity index (χ4v) is 1.77. The number of anilines is 1. The molecule has 0 aliphatic heterocycles. The first-order valence-electron chi connectivity index (χ1n) is 6.14. The number of ether oxygens (including phenoxy) is 1. The third-order valence-corrected chi connectivity index (χ3v) is 2.88. The molecule has 1 aromatic carbocycles. The molecule has 1 fully saturated rings. The smallest absolute Gasteiger partial charge is 0.238 e. The Morgan fingerprint density at radius 2 is 2.28 bits per heavy atom. The van der Waals surface area contributed by atoms with Crippen LogP contribution in [0.3, 0.4) is 0 Å². The zero-order chi connectivity index (χ0) is 13.0. The van der Waals surface area contributed by atoms with E-state index in [1.807, 2.05) is 6.92 Å².